The van der Waals surface area contributed by atoms with Crippen LogP contribution in [0, 0.1) is 0 Å². The average molecular weight is 204 g/mol. The van der Waals surface area contributed by atoms with E-state index in [-0.39, 0.29) is 0 Å². The van der Waals surface area contributed by atoms with Crippen LogP contribution in [0.3, 0.4) is 0 Å². The van der Waals surface area contributed by atoms with E-state index in [9.17, 15) is 4.79 Å². The average Bonchev–Trinajstić information content (AvgIpc) is 2.25. The molecule has 0 aliphatic carbocycles. The number of carbonyl (C=O) groups is 1. The molecule has 0 radical (unpaired) electrons. The minimum Gasteiger partial charge on any atom is -0.350 e. The molecular formula is C10H12N4O. The van der Waals surface area contributed by atoms with Gasteiger partial charge in [-0.05, 0) is 31.2 Å². The number of allylic oxidation sites excluding steroid dienone is 1. The SMILES string of the molecule is CC(/C=C/c1ccccn1)=N\NC(N)=O. The van der Waals surface area contributed by atoms with Gasteiger partial charge in [0.15, 0.2) is 0 Å². The number of urea groups is 1. The molecular weight excluding hydrogens is 192 g/mol. The molecule has 5 heteroatoms. The summed E-state index contributed by atoms with van der Waals surface area (Å²) in [5, 5.41) is 3.72. The molecule has 0 spiro atoms. The van der Waals surface area contributed by atoms with Gasteiger partial charge in [-0.3, -0.25) is 4.98 Å². The van der Waals surface area contributed by atoms with Crippen molar-refractivity contribution in [3.63, 3.8) is 0 Å². The van der Waals surface area contributed by atoms with Crippen LogP contribution in [0.4, 0.5) is 4.79 Å². The molecule has 0 fully saturated rings. The summed E-state index contributed by atoms with van der Waals surface area (Å²) >= 11 is 0. The molecule has 1 aromatic heterocycles. The molecule has 1 heterocycles. The van der Waals surface area contributed by atoms with E-state index in [1.165, 1.54) is 0 Å². The summed E-state index contributed by atoms with van der Waals surface area (Å²) in [5.74, 6) is 0. The van der Waals surface area contributed by atoms with E-state index in [1.807, 2.05) is 18.2 Å². The number of hydrogen-bond acceptors (Lipinski definition) is 3. The number of rotatable bonds is 3. The zero-order valence-electron chi connectivity index (χ0n) is 8.34. The van der Waals surface area contributed by atoms with Crippen LogP contribution in [0.1, 0.15) is 12.6 Å². The molecule has 0 bridgehead atoms. The smallest absolute Gasteiger partial charge is 0.332 e. The molecule has 3 N–H and O–H groups in total. The maximum atomic E-state index is 10.3. The lowest BCUT2D eigenvalue weighted by Crippen LogP contribution is -2.25. The Balaban J connectivity index is 2.58. The van der Waals surface area contributed by atoms with E-state index in [2.05, 4.69) is 15.5 Å². The summed E-state index contributed by atoms with van der Waals surface area (Å²) in [5.41, 5.74) is 8.45. The number of amides is 2. The summed E-state index contributed by atoms with van der Waals surface area (Å²) in [6, 6.07) is 4.92. The Morgan fingerprint density at radius 2 is 2.40 bits per heavy atom. The molecule has 0 saturated carbocycles. The Hall–Kier alpha value is -2.17. The molecule has 0 atom stereocenters. The van der Waals surface area contributed by atoms with E-state index >= 15 is 0 Å². The van der Waals surface area contributed by atoms with Gasteiger partial charge in [0, 0.05) is 6.20 Å². The first-order valence-corrected chi connectivity index (χ1v) is 4.37. The monoisotopic (exact) mass is 204 g/mol. The second kappa shape index (κ2) is 5.54. The number of pyridine rings is 1. The van der Waals surface area contributed by atoms with Crippen LogP contribution < -0.4 is 11.2 Å². The second-order valence-electron chi connectivity index (χ2n) is 2.82. The Morgan fingerprint density at radius 1 is 1.60 bits per heavy atom. The first-order valence-electron chi connectivity index (χ1n) is 4.37. The maximum absolute atomic E-state index is 10.3. The largest absolute Gasteiger partial charge is 0.350 e. The van der Waals surface area contributed by atoms with Crippen LogP contribution in [-0.2, 0) is 0 Å². The van der Waals surface area contributed by atoms with Crippen LogP contribution in [0.5, 0.6) is 0 Å². The third-order valence-corrected chi connectivity index (χ3v) is 1.53. The van der Waals surface area contributed by atoms with E-state index in [0.29, 0.717) is 5.71 Å². The third-order valence-electron chi connectivity index (χ3n) is 1.53. The molecule has 78 valence electrons. The highest BCUT2D eigenvalue weighted by molar-refractivity contribution is 5.96. The molecule has 0 saturated heterocycles. The number of hydrazone groups is 1. The number of nitrogens with zero attached hydrogens (tertiary/aromatic N) is 2. The molecule has 2 amide bonds. The highest BCUT2D eigenvalue weighted by Crippen LogP contribution is 1.96. The van der Waals surface area contributed by atoms with Crippen molar-refractivity contribution in [3.8, 4) is 0 Å². The Morgan fingerprint density at radius 3 is 3.00 bits per heavy atom. The fourth-order valence-corrected chi connectivity index (χ4v) is 0.861. The third kappa shape index (κ3) is 4.56. The van der Waals surface area contributed by atoms with Crippen molar-refractivity contribution in [1.29, 1.82) is 0 Å². The Labute approximate surface area is 87.7 Å². The second-order valence-corrected chi connectivity index (χ2v) is 2.82. The highest BCUT2D eigenvalue weighted by atomic mass is 16.2. The van der Waals surface area contributed by atoms with Crippen LogP contribution in [0.15, 0.2) is 35.6 Å². The molecule has 0 aliphatic heterocycles. The summed E-state index contributed by atoms with van der Waals surface area (Å²) < 4.78 is 0. The van der Waals surface area contributed by atoms with Crippen molar-refractivity contribution >= 4 is 17.8 Å². The quantitative estimate of drug-likeness (QED) is 0.571. The highest BCUT2D eigenvalue weighted by Gasteiger charge is 1.88. The van der Waals surface area contributed by atoms with E-state index < -0.39 is 6.03 Å². The number of aromatic nitrogens is 1. The molecule has 15 heavy (non-hydrogen) atoms. The van der Waals surface area contributed by atoms with Gasteiger partial charge in [0.2, 0.25) is 0 Å². The van der Waals surface area contributed by atoms with Crippen LogP contribution >= 0.6 is 0 Å². The van der Waals surface area contributed by atoms with E-state index in [1.54, 1.807) is 25.3 Å². The van der Waals surface area contributed by atoms with Crippen molar-refractivity contribution < 1.29 is 4.79 Å². The first kappa shape index (κ1) is 10.9. The fraction of sp³-hybridized carbons (Fsp3) is 0.100. The predicted octanol–water partition coefficient (Wildman–Crippen LogP) is 1.14. The van der Waals surface area contributed by atoms with Crippen molar-refractivity contribution in [2.24, 2.45) is 10.8 Å². The molecule has 5 nitrogen and oxygen atoms in total. The minimum absolute atomic E-state index is 0.638. The van der Waals surface area contributed by atoms with Crippen molar-refractivity contribution in [2.75, 3.05) is 0 Å². The van der Waals surface area contributed by atoms with E-state index in [0.717, 1.165) is 5.69 Å². The van der Waals surface area contributed by atoms with Gasteiger partial charge >= 0.3 is 6.03 Å². The van der Waals surface area contributed by atoms with Gasteiger partial charge in [0.25, 0.3) is 0 Å². The van der Waals surface area contributed by atoms with Crippen molar-refractivity contribution in [2.45, 2.75) is 6.92 Å². The number of hydrogen-bond donors (Lipinski definition) is 2. The van der Waals surface area contributed by atoms with Gasteiger partial charge in [-0.15, -0.1) is 0 Å². The number of primary amides is 1. The van der Waals surface area contributed by atoms with Crippen molar-refractivity contribution in [3.05, 3.63) is 36.2 Å². The summed E-state index contributed by atoms with van der Waals surface area (Å²) in [7, 11) is 0. The molecule has 0 unspecified atom stereocenters. The number of nitrogens with one attached hydrogen (secondary N) is 1. The lowest BCUT2D eigenvalue weighted by molar-refractivity contribution is 0.249. The predicted molar refractivity (Wildman–Crippen MR) is 59.1 cm³/mol. The number of nitrogens with two attached hydrogens (primary N) is 1. The first-order chi connectivity index (χ1) is 7.18. The van der Waals surface area contributed by atoms with Gasteiger partial charge in [0.1, 0.15) is 0 Å². The summed E-state index contributed by atoms with van der Waals surface area (Å²) in [4.78, 5) is 14.4. The zero-order chi connectivity index (χ0) is 11.1. The topological polar surface area (TPSA) is 80.4 Å². The number of carbonyl (C=O) groups excluding carboxylic acids is 1. The normalized spacial score (nSPS) is 11.7. The van der Waals surface area contributed by atoms with Gasteiger partial charge in [-0.2, -0.15) is 5.10 Å². The van der Waals surface area contributed by atoms with Crippen LogP contribution in [0.25, 0.3) is 6.08 Å². The lowest BCUT2D eigenvalue weighted by Gasteiger charge is -1.94. The molecule has 1 aromatic rings. The van der Waals surface area contributed by atoms with E-state index in [4.69, 9.17) is 5.73 Å². The van der Waals surface area contributed by atoms with Gasteiger partial charge in [0.05, 0.1) is 11.4 Å². The molecule has 0 aliphatic rings. The Bertz CT molecular complexity index is 384. The summed E-state index contributed by atoms with van der Waals surface area (Å²) in [6.45, 7) is 1.75. The van der Waals surface area contributed by atoms with Crippen LogP contribution in [-0.4, -0.2) is 16.7 Å². The van der Waals surface area contributed by atoms with Crippen molar-refractivity contribution in [1.82, 2.24) is 10.4 Å². The van der Waals surface area contributed by atoms with Gasteiger partial charge in [-0.1, -0.05) is 6.07 Å². The summed E-state index contributed by atoms with van der Waals surface area (Å²) in [6.07, 6.45) is 5.23. The zero-order valence-corrected chi connectivity index (χ0v) is 8.34. The molecule has 0 aromatic carbocycles. The fourth-order valence-electron chi connectivity index (χ4n) is 0.861. The standard InChI is InChI=1S/C10H12N4O/c1-8(13-14-10(11)15)5-6-9-4-2-3-7-12-9/h2-7H,1H3,(H3,11,14,15)/b6-5+,13-8+. The van der Waals surface area contributed by atoms with Gasteiger partial charge < -0.3 is 5.73 Å². The van der Waals surface area contributed by atoms with Crippen LogP contribution in [0.2, 0.25) is 0 Å². The lowest BCUT2D eigenvalue weighted by atomic mass is 10.3. The minimum atomic E-state index is -0.680. The Kier molecular flexibility index (Phi) is 4.03. The maximum Gasteiger partial charge on any atom is 0.332 e. The molecule has 1 rings (SSSR count). The van der Waals surface area contributed by atoms with Gasteiger partial charge in [-0.25, -0.2) is 10.2 Å².